The lowest BCUT2D eigenvalue weighted by atomic mass is 10.2. The molecule has 0 aromatic carbocycles. The van der Waals surface area contributed by atoms with Crippen molar-refractivity contribution in [2.24, 2.45) is 0 Å². The molecule has 0 radical (unpaired) electrons. The maximum Gasteiger partial charge on any atom is 0.332 e. The molecular formula is C19H21N3O4S2. The zero-order valence-electron chi connectivity index (χ0n) is 15.3. The van der Waals surface area contributed by atoms with Crippen LogP contribution in [-0.4, -0.2) is 34.3 Å². The van der Waals surface area contributed by atoms with E-state index in [0.29, 0.717) is 29.7 Å². The van der Waals surface area contributed by atoms with Gasteiger partial charge in [0.25, 0.3) is 5.56 Å². The zero-order chi connectivity index (χ0) is 19.5. The van der Waals surface area contributed by atoms with E-state index in [0.717, 1.165) is 24.3 Å². The molecule has 7 nitrogen and oxygen atoms in total. The summed E-state index contributed by atoms with van der Waals surface area (Å²) in [6.07, 6.45) is 2.59. The Morgan fingerprint density at radius 1 is 1.21 bits per heavy atom. The van der Waals surface area contributed by atoms with Crippen LogP contribution in [-0.2, 0) is 29.0 Å². The van der Waals surface area contributed by atoms with Crippen molar-refractivity contribution in [2.75, 3.05) is 13.2 Å². The molecule has 4 rings (SSSR count). The van der Waals surface area contributed by atoms with Gasteiger partial charge >= 0.3 is 5.69 Å². The van der Waals surface area contributed by atoms with Crippen LogP contribution in [0, 0.1) is 0 Å². The number of amides is 1. The number of ether oxygens (including phenoxy) is 1. The number of rotatable bonds is 7. The molecule has 1 unspecified atom stereocenters. The van der Waals surface area contributed by atoms with Crippen LogP contribution in [0.2, 0.25) is 0 Å². The first-order valence-corrected chi connectivity index (χ1v) is 11.0. The predicted octanol–water partition coefficient (Wildman–Crippen LogP) is 1.82. The molecule has 1 atom stereocenters. The third kappa shape index (κ3) is 3.96. The van der Waals surface area contributed by atoms with Gasteiger partial charge in [0.15, 0.2) is 0 Å². The van der Waals surface area contributed by atoms with Gasteiger partial charge in [-0.25, -0.2) is 4.79 Å². The molecule has 0 bridgehead atoms. The van der Waals surface area contributed by atoms with Crippen molar-refractivity contribution in [1.29, 1.82) is 0 Å². The molecule has 3 aromatic rings. The molecule has 28 heavy (non-hydrogen) atoms. The number of nitrogens with zero attached hydrogens (tertiary/aromatic N) is 2. The van der Waals surface area contributed by atoms with E-state index in [4.69, 9.17) is 4.74 Å². The number of aryl methyl sites for hydroxylation is 1. The van der Waals surface area contributed by atoms with Gasteiger partial charge in [-0.2, -0.15) is 0 Å². The van der Waals surface area contributed by atoms with Gasteiger partial charge in [-0.15, -0.1) is 22.7 Å². The molecule has 148 valence electrons. The Morgan fingerprint density at radius 3 is 2.86 bits per heavy atom. The van der Waals surface area contributed by atoms with E-state index in [2.05, 4.69) is 5.32 Å². The van der Waals surface area contributed by atoms with Crippen LogP contribution in [0.15, 0.2) is 38.5 Å². The maximum atomic E-state index is 13.0. The molecule has 1 fully saturated rings. The van der Waals surface area contributed by atoms with E-state index in [1.807, 2.05) is 17.5 Å². The zero-order valence-corrected chi connectivity index (χ0v) is 16.9. The lowest BCUT2D eigenvalue weighted by Crippen LogP contribution is -2.43. The molecule has 0 spiro atoms. The molecule has 1 aliphatic heterocycles. The molecule has 1 aliphatic rings. The highest BCUT2D eigenvalue weighted by molar-refractivity contribution is 7.17. The van der Waals surface area contributed by atoms with E-state index in [1.165, 1.54) is 20.5 Å². The molecule has 3 aromatic heterocycles. The van der Waals surface area contributed by atoms with E-state index >= 15 is 0 Å². The first-order valence-electron chi connectivity index (χ1n) is 9.25. The average molecular weight is 420 g/mol. The van der Waals surface area contributed by atoms with Crippen molar-refractivity contribution in [3.8, 4) is 0 Å². The maximum absolute atomic E-state index is 13.0. The lowest BCUT2D eigenvalue weighted by Gasteiger charge is -2.14. The van der Waals surface area contributed by atoms with Crippen LogP contribution in [0.25, 0.3) is 10.2 Å². The number of fused-ring (bicyclic) bond motifs is 1. The highest BCUT2D eigenvalue weighted by atomic mass is 32.1. The van der Waals surface area contributed by atoms with Gasteiger partial charge in [0.05, 0.1) is 11.6 Å². The number of aromatic nitrogens is 2. The van der Waals surface area contributed by atoms with E-state index in [9.17, 15) is 14.4 Å². The number of hydrogen-bond acceptors (Lipinski definition) is 6. The second-order valence-electron chi connectivity index (χ2n) is 6.73. The van der Waals surface area contributed by atoms with Gasteiger partial charge in [0.1, 0.15) is 11.2 Å². The van der Waals surface area contributed by atoms with Gasteiger partial charge in [-0.05, 0) is 42.2 Å². The molecule has 9 heteroatoms. The molecule has 1 saturated heterocycles. The second-order valence-corrected chi connectivity index (χ2v) is 8.68. The summed E-state index contributed by atoms with van der Waals surface area (Å²) in [5.41, 5.74) is -0.220. The second kappa shape index (κ2) is 8.42. The summed E-state index contributed by atoms with van der Waals surface area (Å²) in [6, 6.07) is 5.65. The molecule has 0 aliphatic carbocycles. The van der Waals surface area contributed by atoms with E-state index < -0.39 is 5.69 Å². The number of thiophene rings is 2. The Balaban J connectivity index is 1.57. The van der Waals surface area contributed by atoms with Crippen LogP contribution in [0.4, 0.5) is 0 Å². The van der Waals surface area contributed by atoms with Crippen LogP contribution in [0.3, 0.4) is 0 Å². The number of carbonyl (C=O) groups excluding carboxylic acids is 1. The minimum absolute atomic E-state index is 0.0431. The van der Waals surface area contributed by atoms with Crippen LogP contribution in [0.5, 0.6) is 0 Å². The Morgan fingerprint density at radius 2 is 2.11 bits per heavy atom. The number of nitrogens with one attached hydrogen (secondary N) is 1. The van der Waals surface area contributed by atoms with Crippen molar-refractivity contribution >= 4 is 38.8 Å². The fourth-order valence-electron chi connectivity index (χ4n) is 3.39. The smallest absolute Gasteiger partial charge is 0.332 e. The highest BCUT2D eigenvalue weighted by Crippen LogP contribution is 2.16. The summed E-state index contributed by atoms with van der Waals surface area (Å²) in [6.45, 7) is 1.35. The fourth-order valence-corrected chi connectivity index (χ4v) is 4.93. The average Bonchev–Trinajstić information content (AvgIpc) is 3.45. The summed E-state index contributed by atoms with van der Waals surface area (Å²) >= 11 is 2.89. The SMILES string of the molecule is O=C(Cn1c(=O)n(CCc2cccs2)c(=O)c2sccc21)NCC1CCCO1. The number of hydrogen-bond donors (Lipinski definition) is 1. The van der Waals surface area contributed by atoms with Gasteiger partial charge < -0.3 is 10.1 Å². The molecule has 1 amide bonds. The summed E-state index contributed by atoms with van der Waals surface area (Å²) in [4.78, 5) is 39.3. The standard InChI is InChI=1S/C19H21N3O4S2/c23-16(20-11-13-3-1-8-26-13)12-22-15-6-10-28-17(15)18(24)21(19(22)25)7-5-14-4-2-9-27-14/h2,4,6,9-10,13H,1,3,5,7-8,11-12H2,(H,20,23). The first kappa shape index (κ1) is 19.1. The third-order valence-corrected chi connectivity index (χ3v) is 6.68. The molecule has 4 heterocycles. The van der Waals surface area contributed by atoms with Crippen molar-refractivity contribution < 1.29 is 9.53 Å². The Hall–Kier alpha value is -2.23. The quantitative estimate of drug-likeness (QED) is 0.633. The van der Waals surface area contributed by atoms with Crippen LogP contribution in [0.1, 0.15) is 17.7 Å². The van der Waals surface area contributed by atoms with Gasteiger partial charge in [0.2, 0.25) is 5.91 Å². The number of carbonyl (C=O) groups is 1. The van der Waals surface area contributed by atoms with Crippen LogP contribution < -0.4 is 16.6 Å². The monoisotopic (exact) mass is 419 g/mol. The summed E-state index contributed by atoms with van der Waals surface area (Å²) in [7, 11) is 0. The van der Waals surface area contributed by atoms with Gasteiger partial charge in [0, 0.05) is 24.6 Å². The highest BCUT2D eigenvalue weighted by Gasteiger charge is 2.19. The van der Waals surface area contributed by atoms with E-state index in [-0.39, 0.29) is 24.1 Å². The predicted molar refractivity (Wildman–Crippen MR) is 110 cm³/mol. The normalized spacial score (nSPS) is 16.6. The molecular weight excluding hydrogens is 398 g/mol. The minimum Gasteiger partial charge on any atom is -0.376 e. The fraction of sp³-hybridized carbons (Fsp3) is 0.421. The Labute approximate surface area is 169 Å². The lowest BCUT2D eigenvalue weighted by molar-refractivity contribution is -0.122. The largest absolute Gasteiger partial charge is 0.376 e. The van der Waals surface area contributed by atoms with Crippen molar-refractivity contribution in [3.05, 3.63) is 54.7 Å². The van der Waals surface area contributed by atoms with Crippen molar-refractivity contribution in [1.82, 2.24) is 14.5 Å². The van der Waals surface area contributed by atoms with Crippen LogP contribution >= 0.6 is 22.7 Å². The molecule has 1 N–H and O–H groups in total. The Kier molecular flexibility index (Phi) is 5.74. The van der Waals surface area contributed by atoms with Crippen molar-refractivity contribution in [2.45, 2.75) is 38.5 Å². The minimum atomic E-state index is -0.445. The molecule has 0 saturated carbocycles. The first-order chi connectivity index (χ1) is 13.6. The van der Waals surface area contributed by atoms with Gasteiger partial charge in [-0.1, -0.05) is 6.07 Å². The van der Waals surface area contributed by atoms with Crippen molar-refractivity contribution in [3.63, 3.8) is 0 Å². The third-order valence-electron chi connectivity index (χ3n) is 4.85. The summed E-state index contributed by atoms with van der Waals surface area (Å²) in [5, 5.41) is 6.58. The summed E-state index contributed by atoms with van der Waals surface area (Å²) < 4.78 is 8.65. The summed E-state index contributed by atoms with van der Waals surface area (Å²) in [5.74, 6) is -0.256. The topological polar surface area (TPSA) is 82.3 Å². The Bertz CT molecular complexity index is 1070. The van der Waals surface area contributed by atoms with Gasteiger partial charge in [-0.3, -0.25) is 18.7 Å². The van der Waals surface area contributed by atoms with E-state index in [1.54, 1.807) is 22.8 Å².